The van der Waals surface area contributed by atoms with Crippen LogP contribution in [0.1, 0.15) is 23.1 Å². The summed E-state index contributed by atoms with van der Waals surface area (Å²) in [7, 11) is 0. The topological polar surface area (TPSA) is 95.4 Å². The van der Waals surface area contributed by atoms with Gasteiger partial charge >= 0.3 is 0 Å². The molecule has 3 N–H and O–H groups in total. The quantitative estimate of drug-likeness (QED) is 0.105. The van der Waals surface area contributed by atoms with Crippen molar-refractivity contribution in [1.82, 2.24) is 20.3 Å². The van der Waals surface area contributed by atoms with E-state index in [0.29, 0.717) is 19.7 Å². The highest BCUT2D eigenvalue weighted by atomic mass is 35.5. The maximum absolute atomic E-state index is 13.1. The monoisotopic (exact) mass is 569 g/mol. The number of pyridine rings is 1. The Morgan fingerprint density at radius 2 is 1.76 bits per heavy atom. The molecule has 0 saturated heterocycles. The van der Waals surface area contributed by atoms with E-state index in [-0.39, 0.29) is 18.2 Å². The molecule has 1 aliphatic rings. The molecular weight excluding hydrogens is 541 g/mol. The number of hydrogen-bond donors (Lipinski definition) is 3. The third-order valence-electron chi connectivity index (χ3n) is 7.01. The maximum Gasteiger partial charge on any atom is 0.138 e. The molecule has 3 aromatic carbocycles. The second kappa shape index (κ2) is 12.8. The Kier molecular flexibility index (Phi) is 8.72. The average Bonchev–Trinajstić information content (AvgIpc) is 3.63. The van der Waals surface area contributed by atoms with Gasteiger partial charge in [0.1, 0.15) is 24.0 Å². The highest BCUT2D eigenvalue weighted by Crippen LogP contribution is 2.36. The molecule has 0 fully saturated rings. The van der Waals surface area contributed by atoms with Gasteiger partial charge in [0, 0.05) is 47.7 Å². The van der Waals surface area contributed by atoms with Crippen molar-refractivity contribution in [3.05, 3.63) is 114 Å². The van der Waals surface area contributed by atoms with Gasteiger partial charge in [-0.15, -0.1) is 12.4 Å². The minimum Gasteiger partial charge on any atom is -0.492 e. The van der Waals surface area contributed by atoms with E-state index in [0.717, 1.165) is 74.9 Å². The van der Waals surface area contributed by atoms with Gasteiger partial charge in [-0.3, -0.25) is 4.98 Å². The summed E-state index contributed by atoms with van der Waals surface area (Å²) in [5.74, 6) is 1.25. The van der Waals surface area contributed by atoms with Crippen LogP contribution in [-0.2, 0) is 13.0 Å². The highest BCUT2D eigenvalue weighted by Gasteiger charge is 2.21. The number of hydrogen-bond acceptors (Lipinski definition) is 6. The first-order valence-electron chi connectivity index (χ1n) is 13.2. The minimum atomic E-state index is -0.234. The number of nitrogens with zero attached hydrogens (tertiary/aromatic N) is 3. The summed E-state index contributed by atoms with van der Waals surface area (Å²) < 4.78 is 19.1. The number of fused-ring (bicyclic) bond motifs is 1. The molecule has 0 unspecified atom stereocenters. The molecule has 41 heavy (non-hydrogen) atoms. The fourth-order valence-electron chi connectivity index (χ4n) is 4.98. The Labute approximate surface area is 243 Å². The normalized spacial score (nSPS) is 13.1. The number of rotatable bonds is 9. The number of H-pyrrole nitrogens is 1. The predicted molar refractivity (Wildman–Crippen MR) is 160 cm³/mol. The van der Waals surface area contributed by atoms with Gasteiger partial charge < -0.3 is 20.2 Å². The first-order valence-corrected chi connectivity index (χ1v) is 13.2. The van der Waals surface area contributed by atoms with E-state index in [9.17, 15) is 9.60 Å². The molecule has 7 nitrogen and oxygen atoms in total. The number of oxime groups is 1. The molecule has 0 amide bonds. The fraction of sp³-hybridized carbons (Fsp3) is 0.156. The lowest BCUT2D eigenvalue weighted by molar-refractivity contribution is 0.314. The zero-order valence-electron chi connectivity index (χ0n) is 22.2. The summed E-state index contributed by atoms with van der Waals surface area (Å²) in [6.45, 7) is 1.79. The van der Waals surface area contributed by atoms with Gasteiger partial charge in [-0.1, -0.05) is 41.6 Å². The number of ether oxygens (including phenoxy) is 1. The molecule has 0 aliphatic heterocycles. The molecule has 1 aliphatic carbocycles. The molecule has 5 aromatic rings. The standard InChI is InChI=1S/C32H28FN5O2.ClH/c33-26-8-4-21(5-9-26)20-35-16-17-40-27-3-1-2-25(19-27)32-36-30(22-12-14-34-15-13-22)31(37-32)24-6-10-28-23(18-24)7-11-29(28)38-39;/h1-6,8-10,12-15,18-19,35,39H,7,11,16-17,20H2,(H,36,37);1H. The van der Waals surface area contributed by atoms with E-state index in [2.05, 4.69) is 26.5 Å². The highest BCUT2D eigenvalue weighted by molar-refractivity contribution is 6.04. The zero-order valence-corrected chi connectivity index (χ0v) is 23.0. The summed E-state index contributed by atoms with van der Waals surface area (Å²) in [5.41, 5.74) is 8.52. The molecule has 0 bridgehead atoms. The van der Waals surface area contributed by atoms with Crippen molar-refractivity contribution in [3.63, 3.8) is 0 Å². The zero-order chi connectivity index (χ0) is 27.3. The van der Waals surface area contributed by atoms with Gasteiger partial charge in [0.15, 0.2) is 0 Å². The summed E-state index contributed by atoms with van der Waals surface area (Å²) in [6, 6.07) is 24.4. The Bertz CT molecular complexity index is 1660. The lowest BCUT2D eigenvalue weighted by atomic mass is 10.0. The van der Waals surface area contributed by atoms with Crippen molar-refractivity contribution < 1.29 is 14.3 Å². The molecular formula is C32H29ClFN5O2. The molecule has 0 atom stereocenters. The van der Waals surface area contributed by atoms with Crippen molar-refractivity contribution in [2.24, 2.45) is 5.16 Å². The van der Waals surface area contributed by atoms with Gasteiger partial charge in [0.2, 0.25) is 0 Å². The maximum atomic E-state index is 13.1. The van der Waals surface area contributed by atoms with E-state index in [4.69, 9.17) is 9.72 Å². The molecule has 2 heterocycles. The summed E-state index contributed by atoms with van der Waals surface area (Å²) in [5, 5.41) is 16.1. The van der Waals surface area contributed by atoms with Crippen LogP contribution < -0.4 is 10.1 Å². The smallest absolute Gasteiger partial charge is 0.138 e. The van der Waals surface area contributed by atoms with Crippen LogP contribution in [0, 0.1) is 5.82 Å². The van der Waals surface area contributed by atoms with Gasteiger partial charge in [-0.05, 0) is 66.4 Å². The molecule has 0 saturated carbocycles. The third-order valence-corrected chi connectivity index (χ3v) is 7.01. The van der Waals surface area contributed by atoms with Crippen molar-refractivity contribution in [2.75, 3.05) is 13.2 Å². The summed E-state index contributed by atoms with van der Waals surface area (Å²) in [6.07, 6.45) is 5.10. The first kappa shape index (κ1) is 28.0. The number of benzene rings is 3. The lowest BCUT2D eigenvalue weighted by Gasteiger charge is -2.09. The van der Waals surface area contributed by atoms with Crippen LogP contribution in [0.5, 0.6) is 5.75 Å². The molecule has 0 radical (unpaired) electrons. The molecule has 9 heteroatoms. The van der Waals surface area contributed by atoms with Crippen LogP contribution in [0.15, 0.2) is 96.4 Å². The van der Waals surface area contributed by atoms with E-state index in [1.165, 1.54) is 12.1 Å². The average molecular weight is 570 g/mol. The van der Waals surface area contributed by atoms with Gasteiger partial charge in [-0.2, -0.15) is 0 Å². The second-order valence-electron chi connectivity index (χ2n) is 9.64. The Hall–Kier alpha value is -4.53. The van der Waals surface area contributed by atoms with Crippen molar-refractivity contribution >= 4 is 18.1 Å². The number of aromatic amines is 1. The minimum absolute atomic E-state index is 0. The van der Waals surface area contributed by atoms with Gasteiger partial charge in [0.25, 0.3) is 0 Å². The van der Waals surface area contributed by atoms with E-state index >= 15 is 0 Å². The number of nitrogens with one attached hydrogen (secondary N) is 2. The first-order chi connectivity index (χ1) is 19.7. The Morgan fingerprint density at radius 1 is 0.927 bits per heavy atom. The van der Waals surface area contributed by atoms with Crippen LogP contribution in [0.3, 0.4) is 0 Å². The van der Waals surface area contributed by atoms with Crippen LogP contribution >= 0.6 is 12.4 Å². The van der Waals surface area contributed by atoms with Crippen molar-refractivity contribution in [3.8, 4) is 39.7 Å². The third kappa shape index (κ3) is 6.29. The van der Waals surface area contributed by atoms with Gasteiger partial charge in [0.05, 0.1) is 17.1 Å². The van der Waals surface area contributed by atoms with Crippen molar-refractivity contribution in [2.45, 2.75) is 19.4 Å². The number of aromatic nitrogens is 3. The van der Waals surface area contributed by atoms with Crippen molar-refractivity contribution in [1.29, 1.82) is 0 Å². The van der Waals surface area contributed by atoms with E-state index in [1.807, 2.05) is 48.5 Å². The molecule has 0 spiro atoms. The van der Waals surface area contributed by atoms with Crippen LogP contribution in [-0.4, -0.2) is 39.0 Å². The summed E-state index contributed by atoms with van der Waals surface area (Å²) >= 11 is 0. The van der Waals surface area contributed by atoms with E-state index in [1.54, 1.807) is 24.5 Å². The molecule has 2 aromatic heterocycles. The van der Waals surface area contributed by atoms with E-state index < -0.39 is 0 Å². The van der Waals surface area contributed by atoms with Crippen LogP contribution in [0.2, 0.25) is 0 Å². The number of halogens is 2. The number of imidazole rings is 1. The van der Waals surface area contributed by atoms with Crippen LogP contribution in [0.4, 0.5) is 4.39 Å². The van der Waals surface area contributed by atoms with Gasteiger partial charge in [-0.25, -0.2) is 9.37 Å². The Balaban J connectivity index is 0.00000337. The fourth-order valence-corrected chi connectivity index (χ4v) is 4.98. The Morgan fingerprint density at radius 3 is 2.56 bits per heavy atom. The second-order valence-corrected chi connectivity index (χ2v) is 9.64. The molecule has 6 rings (SSSR count). The van der Waals surface area contributed by atoms with Crippen LogP contribution in [0.25, 0.3) is 33.9 Å². The lowest BCUT2D eigenvalue weighted by Crippen LogP contribution is -2.20. The SMILES string of the molecule is Cl.ON=C1CCc2cc(-c3nc(-c4cccc(OCCNCc5ccc(F)cc5)c4)[nH]c3-c3ccncc3)ccc21. The molecule has 208 valence electrons. The number of aryl methyl sites for hydroxylation is 1. The summed E-state index contributed by atoms with van der Waals surface area (Å²) in [4.78, 5) is 12.7. The largest absolute Gasteiger partial charge is 0.492 e. The predicted octanol–water partition coefficient (Wildman–Crippen LogP) is 6.66.